The van der Waals surface area contributed by atoms with Gasteiger partial charge in [-0.1, -0.05) is 49.4 Å². The summed E-state index contributed by atoms with van der Waals surface area (Å²) in [5.41, 5.74) is 8.20. The maximum atomic E-state index is 12.3. The van der Waals surface area contributed by atoms with Gasteiger partial charge in [-0.2, -0.15) is 0 Å². The van der Waals surface area contributed by atoms with E-state index in [1.165, 1.54) is 0 Å². The van der Waals surface area contributed by atoms with Gasteiger partial charge < -0.3 is 15.8 Å². The largest absolute Gasteiger partial charge is 0.481 e. The minimum Gasteiger partial charge on any atom is -0.481 e. The Kier molecular flexibility index (Phi) is 6.18. The molecule has 4 heteroatoms. The molecule has 0 aliphatic rings. The molecule has 0 spiro atoms. The molecule has 0 bridgehead atoms. The van der Waals surface area contributed by atoms with Gasteiger partial charge in [0.05, 0.1) is 0 Å². The second-order valence-corrected chi connectivity index (χ2v) is 5.59. The Balaban J connectivity index is 1.90. The lowest BCUT2D eigenvalue weighted by Gasteiger charge is -2.19. The number of hydrogen-bond donors (Lipinski definition) is 2. The highest BCUT2D eigenvalue weighted by Crippen LogP contribution is 2.15. The van der Waals surface area contributed by atoms with Gasteiger partial charge in [0.25, 0.3) is 5.91 Å². The summed E-state index contributed by atoms with van der Waals surface area (Å²) in [6, 6.07) is 17.2. The molecule has 0 heterocycles. The molecule has 0 aliphatic carbocycles. The Bertz CT molecular complexity index is 628. The second-order valence-electron chi connectivity index (χ2n) is 5.59. The summed E-state index contributed by atoms with van der Waals surface area (Å²) >= 11 is 0. The normalized spacial score (nSPS) is 13.2. The third-order valence-electron chi connectivity index (χ3n) is 3.66. The van der Waals surface area contributed by atoms with Gasteiger partial charge in [0.1, 0.15) is 5.75 Å². The first-order valence-electron chi connectivity index (χ1n) is 7.91. The Labute approximate surface area is 137 Å². The fraction of sp³-hybridized carbons (Fsp3) is 0.316. The van der Waals surface area contributed by atoms with Crippen molar-refractivity contribution in [3.63, 3.8) is 0 Å². The number of rotatable bonds is 7. The number of nitrogens with one attached hydrogen (secondary N) is 1. The molecule has 122 valence electrons. The molecular formula is C19H24N2O2. The average Bonchev–Trinajstić information content (AvgIpc) is 2.58. The molecule has 1 amide bonds. The third kappa shape index (κ3) is 5.11. The number of ether oxygens (including phenoxy) is 1. The van der Waals surface area contributed by atoms with Crippen molar-refractivity contribution in [3.8, 4) is 5.75 Å². The summed E-state index contributed by atoms with van der Waals surface area (Å²) < 4.78 is 5.79. The van der Waals surface area contributed by atoms with Gasteiger partial charge in [0.2, 0.25) is 0 Å². The SMILES string of the molecule is CCC(Oc1cccc(C)c1)C(=O)NCC(N)c1ccccc1. The highest BCUT2D eigenvalue weighted by molar-refractivity contribution is 5.81. The first-order valence-corrected chi connectivity index (χ1v) is 7.91. The molecule has 3 N–H and O–H groups in total. The molecule has 0 aliphatic heterocycles. The van der Waals surface area contributed by atoms with Crippen LogP contribution in [0, 0.1) is 6.92 Å². The topological polar surface area (TPSA) is 64.3 Å². The number of aryl methyl sites for hydroxylation is 1. The maximum Gasteiger partial charge on any atom is 0.261 e. The lowest BCUT2D eigenvalue weighted by molar-refractivity contribution is -0.128. The fourth-order valence-corrected chi connectivity index (χ4v) is 2.32. The first-order chi connectivity index (χ1) is 11.1. The summed E-state index contributed by atoms with van der Waals surface area (Å²) in [6.07, 6.45) is 0.0835. The molecule has 2 aromatic rings. The molecular weight excluding hydrogens is 288 g/mol. The zero-order chi connectivity index (χ0) is 16.7. The van der Waals surface area contributed by atoms with Crippen LogP contribution in [0.5, 0.6) is 5.75 Å². The molecule has 2 aromatic carbocycles. The molecule has 4 nitrogen and oxygen atoms in total. The van der Waals surface area contributed by atoms with Crippen molar-refractivity contribution in [1.82, 2.24) is 5.32 Å². The van der Waals surface area contributed by atoms with Crippen LogP contribution in [0.15, 0.2) is 54.6 Å². The van der Waals surface area contributed by atoms with E-state index in [-0.39, 0.29) is 11.9 Å². The predicted octanol–water partition coefficient (Wildman–Crippen LogP) is 2.97. The summed E-state index contributed by atoms with van der Waals surface area (Å²) in [5.74, 6) is 0.569. The third-order valence-corrected chi connectivity index (χ3v) is 3.66. The first kappa shape index (κ1) is 17.0. The van der Waals surface area contributed by atoms with Crippen LogP contribution >= 0.6 is 0 Å². The van der Waals surface area contributed by atoms with Crippen LogP contribution in [0.25, 0.3) is 0 Å². The predicted molar refractivity (Wildman–Crippen MR) is 92.3 cm³/mol. The Morgan fingerprint density at radius 1 is 1.17 bits per heavy atom. The summed E-state index contributed by atoms with van der Waals surface area (Å²) in [5, 5.41) is 2.88. The van der Waals surface area contributed by atoms with Crippen molar-refractivity contribution in [2.75, 3.05) is 6.54 Å². The summed E-state index contributed by atoms with van der Waals surface area (Å²) in [7, 11) is 0. The van der Waals surface area contributed by atoms with Crippen LogP contribution in [-0.2, 0) is 4.79 Å². The van der Waals surface area contributed by atoms with E-state index in [4.69, 9.17) is 10.5 Å². The molecule has 0 aromatic heterocycles. The molecule has 0 radical (unpaired) electrons. The van der Waals surface area contributed by atoms with Gasteiger partial charge >= 0.3 is 0 Å². The van der Waals surface area contributed by atoms with Gasteiger partial charge in [0, 0.05) is 12.6 Å². The lowest BCUT2D eigenvalue weighted by Crippen LogP contribution is -2.41. The fourth-order valence-electron chi connectivity index (χ4n) is 2.32. The number of carbonyl (C=O) groups excluding carboxylic acids is 1. The molecule has 0 fully saturated rings. The molecule has 2 atom stereocenters. The van der Waals surface area contributed by atoms with Crippen LogP contribution in [0.1, 0.15) is 30.5 Å². The Morgan fingerprint density at radius 2 is 1.91 bits per heavy atom. The van der Waals surface area contributed by atoms with E-state index in [9.17, 15) is 4.79 Å². The zero-order valence-corrected chi connectivity index (χ0v) is 13.7. The van der Waals surface area contributed by atoms with Crippen molar-refractivity contribution >= 4 is 5.91 Å². The van der Waals surface area contributed by atoms with Crippen molar-refractivity contribution in [2.24, 2.45) is 5.73 Å². The minimum absolute atomic E-state index is 0.139. The second kappa shape index (κ2) is 8.34. The van der Waals surface area contributed by atoms with E-state index < -0.39 is 6.10 Å². The molecule has 2 unspecified atom stereocenters. The highest BCUT2D eigenvalue weighted by Gasteiger charge is 2.19. The summed E-state index contributed by atoms with van der Waals surface area (Å²) in [4.78, 5) is 12.3. The van der Waals surface area contributed by atoms with Crippen LogP contribution < -0.4 is 15.8 Å². The van der Waals surface area contributed by atoms with Crippen LogP contribution in [0.4, 0.5) is 0 Å². The van der Waals surface area contributed by atoms with E-state index in [1.807, 2.05) is 68.4 Å². The smallest absolute Gasteiger partial charge is 0.261 e. The van der Waals surface area contributed by atoms with E-state index >= 15 is 0 Å². The van der Waals surface area contributed by atoms with Crippen LogP contribution in [-0.4, -0.2) is 18.6 Å². The number of carbonyl (C=O) groups is 1. The van der Waals surface area contributed by atoms with Gasteiger partial charge in [-0.25, -0.2) is 0 Å². The van der Waals surface area contributed by atoms with Gasteiger partial charge in [-0.15, -0.1) is 0 Å². The van der Waals surface area contributed by atoms with Crippen LogP contribution in [0.3, 0.4) is 0 Å². The minimum atomic E-state index is -0.514. The number of amides is 1. The van der Waals surface area contributed by atoms with Crippen molar-refractivity contribution < 1.29 is 9.53 Å². The van der Waals surface area contributed by atoms with E-state index in [2.05, 4.69) is 5.32 Å². The van der Waals surface area contributed by atoms with Crippen molar-refractivity contribution in [2.45, 2.75) is 32.4 Å². The quantitative estimate of drug-likeness (QED) is 0.826. The van der Waals surface area contributed by atoms with Crippen molar-refractivity contribution in [3.05, 3.63) is 65.7 Å². The van der Waals surface area contributed by atoms with Gasteiger partial charge in [-0.05, 0) is 36.6 Å². The monoisotopic (exact) mass is 312 g/mol. The molecule has 0 saturated heterocycles. The standard InChI is InChI=1S/C19H24N2O2/c1-3-18(23-16-11-7-8-14(2)12-16)19(22)21-13-17(20)15-9-5-4-6-10-15/h4-12,17-18H,3,13,20H2,1-2H3,(H,21,22). The van der Waals surface area contributed by atoms with E-state index in [0.29, 0.717) is 18.7 Å². The molecule has 0 saturated carbocycles. The number of benzene rings is 2. The van der Waals surface area contributed by atoms with E-state index in [0.717, 1.165) is 11.1 Å². The maximum absolute atomic E-state index is 12.3. The summed E-state index contributed by atoms with van der Waals surface area (Å²) in [6.45, 7) is 4.31. The average molecular weight is 312 g/mol. The molecule has 23 heavy (non-hydrogen) atoms. The number of hydrogen-bond acceptors (Lipinski definition) is 3. The Hall–Kier alpha value is -2.33. The molecule has 2 rings (SSSR count). The van der Waals surface area contributed by atoms with Gasteiger partial charge in [0.15, 0.2) is 6.10 Å². The van der Waals surface area contributed by atoms with Gasteiger partial charge in [-0.3, -0.25) is 4.79 Å². The van der Waals surface area contributed by atoms with Crippen LogP contribution in [0.2, 0.25) is 0 Å². The highest BCUT2D eigenvalue weighted by atomic mass is 16.5. The van der Waals surface area contributed by atoms with E-state index in [1.54, 1.807) is 0 Å². The Morgan fingerprint density at radius 3 is 2.57 bits per heavy atom. The zero-order valence-electron chi connectivity index (χ0n) is 13.7. The lowest BCUT2D eigenvalue weighted by atomic mass is 10.1. The van der Waals surface area contributed by atoms with Crippen molar-refractivity contribution in [1.29, 1.82) is 0 Å². The number of nitrogens with two attached hydrogens (primary N) is 1.